The van der Waals surface area contributed by atoms with Crippen molar-refractivity contribution >= 4 is 23.6 Å². The molecule has 322 valence electrons. The van der Waals surface area contributed by atoms with Crippen LogP contribution in [-0.4, -0.2) is 118 Å². The Hall–Kier alpha value is -3.79. The highest BCUT2D eigenvalue weighted by Gasteiger charge is 2.61. The van der Waals surface area contributed by atoms with E-state index in [-0.39, 0.29) is 37.2 Å². The predicted octanol–water partition coefficient (Wildman–Crippen LogP) is 5.96. The zero-order valence-electron chi connectivity index (χ0n) is 35.9. The average Bonchev–Trinajstić information content (AvgIpc) is 3.77. The zero-order valence-corrected chi connectivity index (χ0v) is 35.9. The number of halogens is 1. The monoisotopic (exact) mass is 813 g/mol. The summed E-state index contributed by atoms with van der Waals surface area (Å²) in [6.07, 6.45) is 6.04. The van der Waals surface area contributed by atoms with E-state index in [4.69, 9.17) is 23.7 Å². The van der Waals surface area contributed by atoms with Gasteiger partial charge in [-0.05, 0) is 91.4 Å². The van der Waals surface area contributed by atoms with Crippen LogP contribution in [0, 0.1) is 23.7 Å². The summed E-state index contributed by atoms with van der Waals surface area (Å²) in [5, 5.41) is 3.21. The highest BCUT2D eigenvalue weighted by Crippen LogP contribution is 2.44. The minimum atomic E-state index is -3.10. The van der Waals surface area contributed by atoms with Crippen molar-refractivity contribution in [1.29, 1.82) is 0 Å². The van der Waals surface area contributed by atoms with E-state index in [1.54, 1.807) is 58.2 Å². The number of hydrogen-bond acceptors (Lipinski definition) is 12. The number of nitrogens with zero attached hydrogens (tertiary/aromatic N) is 4. The molecule has 15 heteroatoms. The number of pyridine rings is 1. The van der Waals surface area contributed by atoms with Crippen molar-refractivity contribution < 1.29 is 47.3 Å². The van der Waals surface area contributed by atoms with Crippen molar-refractivity contribution in [3.8, 4) is 11.3 Å². The van der Waals surface area contributed by atoms with E-state index in [1.165, 1.54) is 14.0 Å². The van der Waals surface area contributed by atoms with Crippen LogP contribution in [0.4, 0.5) is 9.18 Å². The molecule has 0 bridgehead atoms. The van der Waals surface area contributed by atoms with Gasteiger partial charge in [-0.25, -0.2) is 19.0 Å². The first kappa shape index (κ1) is 45.3. The first-order valence-corrected chi connectivity index (χ1v) is 20.8. The minimum Gasteiger partial charge on any atom is -0.455 e. The van der Waals surface area contributed by atoms with Crippen LogP contribution < -0.4 is 5.32 Å². The highest BCUT2D eigenvalue weighted by atomic mass is 19.1. The van der Waals surface area contributed by atoms with Gasteiger partial charge in [0.25, 0.3) is 5.67 Å². The standard InChI is InChI=1S/C43H64FN5O9/c1-11-33-43(8)36(49(40(53)58-43)18-13-12-17-48-24-32(47-25-48)31-15-14-16-46-23-31)28(4)35(50)26(2)21-41(6,54-10)38(29(5)37(51)42(7,44)39(52)56-33)57-34-20-30(22-45-9)19-27(3)55-34/h14-16,23-30,33-34,36,38,45H,11-13,17-22H2,1-10H3/t26-,27-,28+,29+,30+,33-,34+,36?,38-,41-,42+,43-/m1/s1. The molecule has 12 atom stereocenters. The molecule has 0 saturated carbocycles. The van der Waals surface area contributed by atoms with E-state index in [1.807, 2.05) is 36.9 Å². The van der Waals surface area contributed by atoms with Gasteiger partial charge < -0.3 is 38.5 Å². The van der Waals surface area contributed by atoms with E-state index < -0.39 is 77.0 Å². The number of aryl methyl sites for hydroxylation is 1. The number of hydrogen-bond donors (Lipinski definition) is 1. The van der Waals surface area contributed by atoms with Gasteiger partial charge in [0.05, 0.1) is 35.9 Å². The minimum absolute atomic E-state index is 0.0893. The van der Waals surface area contributed by atoms with Gasteiger partial charge in [-0.2, -0.15) is 0 Å². The fourth-order valence-corrected chi connectivity index (χ4v) is 9.55. The molecular weight excluding hydrogens is 749 g/mol. The van der Waals surface area contributed by atoms with Gasteiger partial charge in [0.2, 0.25) is 0 Å². The first-order chi connectivity index (χ1) is 27.4. The summed E-state index contributed by atoms with van der Waals surface area (Å²) in [6, 6.07) is 2.90. The van der Waals surface area contributed by atoms with E-state index in [9.17, 15) is 19.2 Å². The molecule has 0 radical (unpaired) electrons. The zero-order chi connectivity index (χ0) is 42.6. The van der Waals surface area contributed by atoms with E-state index in [2.05, 4.69) is 15.3 Å². The van der Waals surface area contributed by atoms with Crippen molar-refractivity contribution in [1.82, 2.24) is 24.8 Å². The Morgan fingerprint density at radius 2 is 1.76 bits per heavy atom. The first-order valence-electron chi connectivity index (χ1n) is 20.8. The summed E-state index contributed by atoms with van der Waals surface area (Å²) in [5.74, 6) is -5.13. The van der Waals surface area contributed by atoms with Crippen molar-refractivity contribution in [3.63, 3.8) is 0 Å². The molecule has 58 heavy (non-hydrogen) atoms. The number of nitrogens with one attached hydrogen (secondary N) is 1. The molecule has 5 heterocycles. The molecule has 3 aliphatic heterocycles. The van der Waals surface area contributed by atoms with Crippen LogP contribution >= 0.6 is 0 Å². The molecule has 1 N–H and O–H groups in total. The number of aromatic nitrogens is 3. The molecule has 1 unspecified atom stereocenters. The van der Waals surface area contributed by atoms with E-state index in [0.717, 1.165) is 31.1 Å². The fraction of sp³-hybridized carbons (Fsp3) is 0.721. The van der Waals surface area contributed by atoms with Crippen molar-refractivity contribution in [2.45, 2.75) is 148 Å². The highest BCUT2D eigenvalue weighted by molar-refractivity contribution is 6.08. The summed E-state index contributed by atoms with van der Waals surface area (Å²) < 4.78 is 49.7. The molecule has 2 aromatic heterocycles. The second-order valence-corrected chi connectivity index (χ2v) is 17.2. The van der Waals surface area contributed by atoms with Crippen molar-refractivity contribution in [2.24, 2.45) is 23.7 Å². The SMILES string of the molecule is CC[C@H]1OC(=O)[C@@](C)(F)C(=O)[C@H](C)[C@@H](O[C@H]2C[C@@H](CNC)C[C@@H](C)O2)[C@](C)(OC)C[C@@H](C)C(=O)[C@H](C)C2N(CCCCn3cnc(-c4cccnc4)c3)C(=O)O[C@@]21C. The maximum absolute atomic E-state index is 16.9. The van der Waals surface area contributed by atoms with Crippen LogP contribution in [0.15, 0.2) is 37.1 Å². The van der Waals surface area contributed by atoms with Crippen molar-refractivity contribution in [2.75, 3.05) is 27.2 Å². The van der Waals surface area contributed by atoms with Gasteiger partial charge in [0.15, 0.2) is 17.7 Å². The molecule has 5 rings (SSSR count). The van der Waals surface area contributed by atoms with Gasteiger partial charge in [-0.15, -0.1) is 0 Å². The lowest BCUT2D eigenvalue weighted by Gasteiger charge is -2.45. The Balaban J connectivity index is 1.44. The van der Waals surface area contributed by atoms with Gasteiger partial charge in [-0.3, -0.25) is 14.6 Å². The number of unbranched alkanes of at least 4 members (excludes halogenated alkanes) is 1. The Morgan fingerprint density at radius 3 is 2.41 bits per heavy atom. The summed E-state index contributed by atoms with van der Waals surface area (Å²) in [5.41, 5.74) is -4.28. The Labute approximate surface area is 342 Å². The number of carbonyl (C=O) groups excluding carboxylic acids is 4. The molecule has 0 aromatic carbocycles. The second kappa shape index (κ2) is 18.6. The third-order valence-corrected chi connectivity index (χ3v) is 12.6. The number of esters is 1. The number of ether oxygens (including phenoxy) is 5. The van der Waals surface area contributed by atoms with E-state index in [0.29, 0.717) is 25.8 Å². The molecule has 3 saturated heterocycles. The molecule has 1 amide bonds. The maximum atomic E-state index is 16.9. The Bertz CT molecular complexity index is 1740. The maximum Gasteiger partial charge on any atom is 0.410 e. The number of ketones is 2. The molecule has 0 spiro atoms. The lowest BCUT2D eigenvalue weighted by Crippen LogP contribution is -2.60. The summed E-state index contributed by atoms with van der Waals surface area (Å²) in [7, 11) is 3.34. The van der Waals surface area contributed by atoms with Crippen molar-refractivity contribution in [3.05, 3.63) is 37.1 Å². The lowest BCUT2D eigenvalue weighted by molar-refractivity contribution is -0.263. The molecule has 2 aromatic rings. The number of imidazole rings is 1. The third kappa shape index (κ3) is 9.48. The number of fused-ring (bicyclic) bond motifs is 1. The molecular formula is C43H64FN5O9. The van der Waals surface area contributed by atoms with Crippen LogP contribution in [-0.2, 0) is 44.6 Å². The summed E-state index contributed by atoms with van der Waals surface area (Å²) >= 11 is 0. The van der Waals surface area contributed by atoms with Crippen LogP contribution in [0.5, 0.6) is 0 Å². The Kier molecular flexibility index (Phi) is 14.6. The fourth-order valence-electron chi connectivity index (χ4n) is 9.55. The topological polar surface area (TPSA) is 160 Å². The van der Waals surface area contributed by atoms with Crippen LogP contribution in [0.3, 0.4) is 0 Å². The molecule has 14 nitrogen and oxygen atoms in total. The smallest absolute Gasteiger partial charge is 0.410 e. The average molecular weight is 814 g/mol. The number of carbonyl (C=O) groups is 4. The van der Waals surface area contributed by atoms with Gasteiger partial charge >= 0.3 is 12.1 Å². The van der Waals surface area contributed by atoms with Crippen LogP contribution in [0.1, 0.15) is 93.9 Å². The van der Waals surface area contributed by atoms with Gasteiger partial charge in [0.1, 0.15) is 11.9 Å². The Morgan fingerprint density at radius 1 is 1.03 bits per heavy atom. The largest absolute Gasteiger partial charge is 0.455 e. The van der Waals surface area contributed by atoms with E-state index >= 15 is 4.39 Å². The molecule has 3 fully saturated rings. The normalized spacial score (nSPS) is 36.6. The number of rotatable bonds is 12. The number of alkyl halides is 1. The third-order valence-electron chi connectivity index (χ3n) is 12.6. The number of Topliss-reactive ketones (excluding diaryl/α,β-unsaturated/α-hetero) is 2. The summed E-state index contributed by atoms with van der Waals surface area (Å²) in [6.45, 7) is 14.6. The quantitative estimate of drug-likeness (QED) is 0.153. The number of cyclic esters (lactones) is 1. The lowest BCUT2D eigenvalue weighted by atomic mass is 9.73. The molecule has 0 aliphatic carbocycles. The van der Waals surface area contributed by atoms with Gasteiger partial charge in [-0.1, -0.05) is 27.7 Å². The summed E-state index contributed by atoms with van der Waals surface area (Å²) in [4.78, 5) is 66.8. The second-order valence-electron chi connectivity index (χ2n) is 17.2. The number of methoxy groups -OCH3 is 1. The van der Waals surface area contributed by atoms with Gasteiger partial charge in [0, 0.05) is 68.5 Å². The van der Waals surface area contributed by atoms with Crippen LogP contribution in [0.2, 0.25) is 0 Å². The molecule has 3 aliphatic rings. The predicted molar refractivity (Wildman–Crippen MR) is 213 cm³/mol. The van der Waals surface area contributed by atoms with Crippen LogP contribution in [0.25, 0.3) is 11.3 Å². The number of amides is 1.